The molecular weight excluding hydrogens is 402 g/mol. The Morgan fingerprint density at radius 2 is 1.71 bits per heavy atom. The molecule has 0 aliphatic heterocycles. The number of thioether (sulfide) groups is 1. The lowest BCUT2D eigenvalue weighted by Gasteiger charge is -2.19. The minimum absolute atomic E-state index is 0.0278. The maximum absolute atomic E-state index is 12.5. The van der Waals surface area contributed by atoms with E-state index >= 15 is 0 Å². The number of phenolic OH excluding ortho intramolecular Hbond substituents is 1. The Morgan fingerprint density at radius 1 is 1.04 bits per heavy atom. The molecule has 0 aromatic heterocycles. The second-order valence-corrected chi connectivity index (χ2v) is 7.17. The van der Waals surface area contributed by atoms with Crippen LogP contribution in [0.1, 0.15) is 27.1 Å². The summed E-state index contributed by atoms with van der Waals surface area (Å²) in [6, 6.07) is 11.2. The first-order valence-electron chi connectivity index (χ1n) is 8.36. The van der Waals surface area contributed by atoms with Crippen LogP contribution in [-0.2, 0) is 4.79 Å². The fourth-order valence-electron chi connectivity index (χ4n) is 2.28. The Hall–Kier alpha value is -2.71. The molecule has 9 heteroatoms. The van der Waals surface area contributed by atoms with Crippen molar-refractivity contribution in [2.24, 2.45) is 0 Å². The third kappa shape index (κ3) is 6.17. The summed E-state index contributed by atoms with van der Waals surface area (Å²) in [4.78, 5) is 37.0. The Kier molecular flexibility index (Phi) is 8.16. The highest BCUT2D eigenvalue weighted by atomic mass is 35.5. The topological polar surface area (TPSA) is 108 Å². The number of rotatable bonds is 7. The summed E-state index contributed by atoms with van der Waals surface area (Å²) in [5, 5.41) is 12.2. The second kappa shape index (κ2) is 10.6. The van der Waals surface area contributed by atoms with Crippen molar-refractivity contribution in [2.45, 2.75) is 12.5 Å². The van der Waals surface area contributed by atoms with Gasteiger partial charge < -0.3 is 10.4 Å². The van der Waals surface area contributed by atoms with Gasteiger partial charge in [0.15, 0.2) is 0 Å². The zero-order valence-corrected chi connectivity index (χ0v) is 16.6. The molecule has 3 amide bonds. The molecule has 2 rings (SSSR count). The Morgan fingerprint density at radius 3 is 2.36 bits per heavy atom. The van der Waals surface area contributed by atoms with Gasteiger partial charge in [0.2, 0.25) is 0 Å². The van der Waals surface area contributed by atoms with Gasteiger partial charge in [-0.15, -0.1) is 0 Å². The van der Waals surface area contributed by atoms with E-state index in [0.717, 1.165) is 0 Å². The van der Waals surface area contributed by atoms with Crippen LogP contribution in [-0.4, -0.2) is 40.9 Å². The average Bonchev–Trinajstić information content (AvgIpc) is 2.69. The zero-order chi connectivity index (χ0) is 20.5. The van der Waals surface area contributed by atoms with Crippen LogP contribution in [0.3, 0.4) is 0 Å². The van der Waals surface area contributed by atoms with Crippen molar-refractivity contribution in [1.29, 1.82) is 0 Å². The summed E-state index contributed by atoms with van der Waals surface area (Å²) in [7, 11) is 0. The van der Waals surface area contributed by atoms with Crippen molar-refractivity contribution < 1.29 is 19.5 Å². The maximum atomic E-state index is 12.5. The first kappa shape index (κ1) is 21.6. The van der Waals surface area contributed by atoms with Crippen molar-refractivity contribution in [3.63, 3.8) is 0 Å². The molecule has 0 bridgehead atoms. The number of carbonyl (C=O) groups is 3. The molecule has 0 heterocycles. The van der Waals surface area contributed by atoms with Gasteiger partial charge in [-0.1, -0.05) is 23.7 Å². The monoisotopic (exact) mass is 421 g/mol. The first-order valence-corrected chi connectivity index (χ1v) is 10.1. The number of hydrogen-bond donors (Lipinski definition) is 4. The van der Waals surface area contributed by atoms with E-state index in [1.165, 1.54) is 36.0 Å². The molecule has 1 atom stereocenters. The molecule has 7 nitrogen and oxygen atoms in total. The minimum Gasteiger partial charge on any atom is -0.508 e. The van der Waals surface area contributed by atoms with Crippen molar-refractivity contribution in [3.05, 3.63) is 64.7 Å². The van der Waals surface area contributed by atoms with E-state index in [-0.39, 0.29) is 21.9 Å². The molecule has 0 unspecified atom stereocenters. The predicted molar refractivity (Wildman–Crippen MR) is 109 cm³/mol. The van der Waals surface area contributed by atoms with Crippen LogP contribution >= 0.6 is 23.4 Å². The molecule has 0 spiro atoms. The summed E-state index contributed by atoms with van der Waals surface area (Å²) >= 11 is 7.56. The molecule has 2 aromatic carbocycles. The van der Waals surface area contributed by atoms with E-state index in [0.29, 0.717) is 12.2 Å². The lowest BCUT2D eigenvalue weighted by molar-refractivity contribution is -0.123. The third-order valence-electron chi connectivity index (χ3n) is 3.78. The van der Waals surface area contributed by atoms with Crippen LogP contribution in [0.2, 0.25) is 5.02 Å². The SMILES string of the molecule is CSCC[C@@H](NC(=O)c1ccccc1Cl)C(=O)NNC(=O)c1ccc(O)cc1. The summed E-state index contributed by atoms with van der Waals surface area (Å²) < 4.78 is 0. The van der Waals surface area contributed by atoms with Gasteiger partial charge >= 0.3 is 0 Å². The first-order chi connectivity index (χ1) is 13.4. The highest BCUT2D eigenvalue weighted by Gasteiger charge is 2.22. The molecular formula is C19H20ClN3O4S. The zero-order valence-electron chi connectivity index (χ0n) is 15.1. The molecule has 0 saturated heterocycles. The third-order valence-corrected chi connectivity index (χ3v) is 4.75. The largest absolute Gasteiger partial charge is 0.508 e. The van der Waals surface area contributed by atoms with Gasteiger partial charge in [-0.05, 0) is 54.8 Å². The number of benzene rings is 2. The lowest BCUT2D eigenvalue weighted by Crippen LogP contribution is -2.52. The second-order valence-electron chi connectivity index (χ2n) is 5.78. The fourth-order valence-corrected chi connectivity index (χ4v) is 2.97. The van der Waals surface area contributed by atoms with Gasteiger partial charge in [0.1, 0.15) is 11.8 Å². The summed E-state index contributed by atoms with van der Waals surface area (Å²) in [6.07, 6.45) is 2.26. The van der Waals surface area contributed by atoms with E-state index in [1.807, 2.05) is 6.26 Å². The quantitative estimate of drug-likeness (QED) is 0.513. The molecule has 148 valence electrons. The van der Waals surface area contributed by atoms with E-state index in [1.54, 1.807) is 24.3 Å². The molecule has 4 N–H and O–H groups in total. The molecule has 0 aliphatic rings. The number of halogens is 1. The van der Waals surface area contributed by atoms with E-state index in [4.69, 9.17) is 11.6 Å². The van der Waals surface area contributed by atoms with E-state index in [2.05, 4.69) is 16.2 Å². The predicted octanol–water partition coefficient (Wildman–Crippen LogP) is 2.36. The highest BCUT2D eigenvalue weighted by Crippen LogP contribution is 2.15. The normalized spacial score (nSPS) is 11.4. The van der Waals surface area contributed by atoms with Crippen LogP contribution in [0.15, 0.2) is 48.5 Å². The van der Waals surface area contributed by atoms with Crippen LogP contribution in [0.25, 0.3) is 0 Å². The van der Waals surface area contributed by atoms with E-state index in [9.17, 15) is 19.5 Å². The Balaban J connectivity index is 2.00. The van der Waals surface area contributed by atoms with Gasteiger partial charge in [-0.2, -0.15) is 11.8 Å². The van der Waals surface area contributed by atoms with Crippen LogP contribution in [0.5, 0.6) is 5.75 Å². The van der Waals surface area contributed by atoms with Crippen LogP contribution < -0.4 is 16.2 Å². The molecule has 28 heavy (non-hydrogen) atoms. The smallest absolute Gasteiger partial charge is 0.269 e. The summed E-state index contributed by atoms with van der Waals surface area (Å²) in [5.74, 6) is -0.917. The van der Waals surface area contributed by atoms with Crippen molar-refractivity contribution in [2.75, 3.05) is 12.0 Å². The Bertz CT molecular complexity index is 845. The number of amides is 3. The molecule has 0 aliphatic carbocycles. The van der Waals surface area contributed by atoms with Gasteiger partial charge in [-0.3, -0.25) is 25.2 Å². The van der Waals surface area contributed by atoms with Crippen molar-refractivity contribution in [1.82, 2.24) is 16.2 Å². The highest BCUT2D eigenvalue weighted by molar-refractivity contribution is 7.98. The van der Waals surface area contributed by atoms with Crippen molar-refractivity contribution in [3.8, 4) is 5.75 Å². The Labute approximate surface area is 171 Å². The number of carbonyl (C=O) groups excluding carboxylic acids is 3. The number of hydrazine groups is 1. The van der Waals surface area contributed by atoms with Crippen LogP contribution in [0.4, 0.5) is 0 Å². The van der Waals surface area contributed by atoms with Gasteiger partial charge in [-0.25, -0.2) is 0 Å². The standard InChI is InChI=1S/C19H20ClN3O4S/c1-28-11-10-16(21-18(26)14-4-2-3-5-15(14)20)19(27)23-22-17(25)12-6-8-13(24)9-7-12/h2-9,16,24H,10-11H2,1H3,(H,21,26)(H,22,25)(H,23,27)/t16-/m1/s1. The number of aromatic hydroxyl groups is 1. The molecule has 0 fully saturated rings. The summed E-state index contributed by atoms with van der Waals surface area (Å²) in [5.41, 5.74) is 5.14. The lowest BCUT2D eigenvalue weighted by atomic mass is 10.1. The van der Waals surface area contributed by atoms with E-state index < -0.39 is 23.8 Å². The van der Waals surface area contributed by atoms with Crippen LogP contribution in [0, 0.1) is 0 Å². The van der Waals surface area contributed by atoms with Gasteiger partial charge in [0.05, 0.1) is 10.6 Å². The number of hydrogen-bond acceptors (Lipinski definition) is 5. The molecule has 0 saturated carbocycles. The maximum Gasteiger partial charge on any atom is 0.269 e. The van der Waals surface area contributed by atoms with Gasteiger partial charge in [0, 0.05) is 5.56 Å². The molecule has 0 radical (unpaired) electrons. The minimum atomic E-state index is -0.851. The van der Waals surface area contributed by atoms with Crippen molar-refractivity contribution >= 4 is 41.1 Å². The fraction of sp³-hybridized carbons (Fsp3) is 0.211. The summed E-state index contributed by atoms with van der Waals surface area (Å²) in [6.45, 7) is 0. The number of nitrogens with one attached hydrogen (secondary N) is 3. The molecule has 2 aromatic rings. The van der Waals surface area contributed by atoms with Gasteiger partial charge in [0.25, 0.3) is 17.7 Å². The number of phenols is 1. The average molecular weight is 422 g/mol.